The Balaban J connectivity index is -0.00000128. The molecule has 0 rings (SSSR count). The number of allylic oxidation sites excluding steroid dienone is 2. The van der Waals surface area contributed by atoms with Gasteiger partial charge in [0.15, 0.2) is 0 Å². The van der Waals surface area contributed by atoms with E-state index in [0.717, 1.165) is 0 Å². The fourth-order valence-corrected chi connectivity index (χ4v) is 2.42. The van der Waals surface area contributed by atoms with Gasteiger partial charge in [0.25, 0.3) is 0 Å². The van der Waals surface area contributed by atoms with Gasteiger partial charge < -0.3 is 23.8 Å². The van der Waals surface area contributed by atoms with Crippen LogP contribution in [-0.2, 0) is 29.0 Å². The van der Waals surface area contributed by atoms with E-state index in [9.17, 15) is 0 Å². The van der Waals surface area contributed by atoms with Crippen LogP contribution in [0.1, 0.15) is 20.8 Å². The average molecular weight is 320 g/mol. The summed E-state index contributed by atoms with van der Waals surface area (Å²) in [5.74, 6) is 0.856. The van der Waals surface area contributed by atoms with E-state index in [0.29, 0.717) is 11.8 Å². The predicted molar refractivity (Wildman–Crippen MR) is 80.2 cm³/mol. The minimum atomic E-state index is 0. The van der Waals surface area contributed by atoms with Crippen molar-refractivity contribution >= 4 is 0 Å². The molecule has 0 spiro atoms. The number of methoxy groups -OCH3 is 2. The maximum atomic E-state index is 5.61. The van der Waals surface area contributed by atoms with Gasteiger partial charge in [-0.3, -0.25) is 0 Å². The minimum absolute atomic E-state index is 0. The summed E-state index contributed by atoms with van der Waals surface area (Å²) in [6, 6.07) is 0. The molecule has 0 aromatic heterocycles. The van der Waals surface area contributed by atoms with Crippen LogP contribution in [0.25, 0.3) is 0 Å². The third-order valence-corrected chi connectivity index (χ3v) is 3.21. The zero-order valence-corrected chi connectivity index (χ0v) is 16.5. The van der Waals surface area contributed by atoms with E-state index in [1.165, 1.54) is 0 Å². The summed E-state index contributed by atoms with van der Waals surface area (Å²) < 4.78 is 11.1. The van der Waals surface area contributed by atoms with Gasteiger partial charge in [-0.25, -0.2) is 0 Å². The second-order valence-corrected chi connectivity index (χ2v) is 4.72. The molecular formula is C16H30O2Zn. The second kappa shape index (κ2) is 13.0. The van der Waals surface area contributed by atoms with Gasteiger partial charge in [-0.2, -0.15) is 0 Å². The molecule has 0 bridgehead atoms. The van der Waals surface area contributed by atoms with Crippen molar-refractivity contribution < 1.29 is 29.0 Å². The predicted octanol–water partition coefficient (Wildman–Crippen LogP) is 3.95. The molecule has 0 aromatic rings. The number of hydrogen-bond donors (Lipinski definition) is 0. The van der Waals surface area contributed by atoms with Crippen LogP contribution in [0.4, 0.5) is 0 Å². The molecule has 0 amide bonds. The molecular weight excluding hydrogens is 290 g/mol. The summed E-state index contributed by atoms with van der Waals surface area (Å²) in [5, 5.41) is 0. The standard InChI is InChI=1S/C15H27O2.CH3.Zn/c1-8-9-10-12(4)15(17-7)13(5)14(16-6)11(2)3;;/h8-15H,1-2H2,3-7H3;1H3;/q2*-1;+2/b10-9+;;. The van der Waals surface area contributed by atoms with E-state index >= 15 is 0 Å². The normalized spacial score (nSPS) is 18.6. The summed E-state index contributed by atoms with van der Waals surface area (Å²) in [5.41, 5.74) is 0. The van der Waals surface area contributed by atoms with Crippen molar-refractivity contribution in [1.82, 2.24) is 0 Å². The molecule has 0 N–H and O–H groups in total. The second-order valence-electron chi connectivity index (χ2n) is 4.72. The van der Waals surface area contributed by atoms with Crippen LogP contribution >= 0.6 is 0 Å². The zero-order valence-electron chi connectivity index (χ0n) is 13.6. The van der Waals surface area contributed by atoms with Crippen molar-refractivity contribution in [1.29, 1.82) is 0 Å². The molecule has 0 heterocycles. The Morgan fingerprint density at radius 3 is 1.84 bits per heavy atom. The Morgan fingerprint density at radius 2 is 1.53 bits per heavy atom. The third-order valence-electron chi connectivity index (χ3n) is 3.21. The topological polar surface area (TPSA) is 18.5 Å². The van der Waals surface area contributed by atoms with Gasteiger partial charge in [-0.15, -0.1) is 5.92 Å². The van der Waals surface area contributed by atoms with Crippen LogP contribution < -0.4 is 0 Å². The van der Waals surface area contributed by atoms with Crippen molar-refractivity contribution in [2.45, 2.75) is 33.0 Å². The third kappa shape index (κ3) is 8.02. The molecule has 0 fully saturated rings. The monoisotopic (exact) mass is 318 g/mol. The van der Waals surface area contributed by atoms with Gasteiger partial charge in [0, 0.05) is 32.2 Å². The minimum Gasteiger partial charge on any atom is -0.383 e. The molecule has 0 saturated heterocycles. The first-order chi connectivity index (χ1) is 7.99. The SMILES string of the molecule is C=C/C=C/C(C)C(OC)C(C)C(OC)C([CH2-])C.[CH3-].[Zn+2]. The van der Waals surface area contributed by atoms with Gasteiger partial charge in [-0.1, -0.05) is 45.6 Å². The molecule has 3 heteroatoms. The molecule has 2 nitrogen and oxygen atoms in total. The molecule has 19 heavy (non-hydrogen) atoms. The summed E-state index contributed by atoms with van der Waals surface area (Å²) in [4.78, 5) is 0. The van der Waals surface area contributed by atoms with Gasteiger partial charge in [0.1, 0.15) is 0 Å². The molecule has 5 unspecified atom stereocenters. The van der Waals surface area contributed by atoms with Crippen LogP contribution in [-0.4, -0.2) is 26.4 Å². The van der Waals surface area contributed by atoms with Gasteiger partial charge in [-0.05, 0) is 0 Å². The van der Waals surface area contributed by atoms with Crippen LogP contribution in [0, 0.1) is 32.1 Å². The van der Waals surface area contributed by atoms with E-state index in [1.54, 1.807) is 20.3 Å². The Bertz CT molecular complexity index is 239. The van der Waals surface area contributed by atoms with E-state index in [4.69, 9.17) is 9.47 Å². The molecule has 0 aliphatic carbocycles. The molecule has 0 saturated carbocycles. The Morgan fingerprint density at radius 1 is 1.05 bits per heavy atom. The van der Waals surface area contributed by atoms with Crippen LogP contribution in [0.3, 0.4) is 0 Å². The number of hydrogen-bond acceptors (Lipinski definition) is 2. The maximum Gasteiger partial charge on any atom is 2.00 e. The first-order valence-electron chi connectivity index (χ1n) is 6.17. The van der Waals surface area contributed by atoms with Gasteiger partial charge in [0.2, 0.25) is 0 Å². The Kier molecular flexibility index (Phi) is 16.5. The summed E-state index contributed by atoms with van der Waals surface area (Å²) in [6.45, 7) is 14.1. The van der Waals surface area contributed by atoms with Crippen LogP contribution in [0.2, 0.25) is 0 Å². The van der Waals surface area contributed by atoms with Crippen LogP contribution in [0.15, 0.2) is 24.8 Å². The largest absolute Gasteiger partial charge is 2.00 e. The summed E-state index contributed by atoms with van der Waals surface area (Å²) >= 11 is 0. The van der Waals surface area contributed by atoms with E-state index < -0.39 is 0 Å². The Hall–Kier alpha value is 0.0234. The molecule has 0 aliphatic rings. The number of ether oxygens (including phenoxy) is 2. The first kappa shape index (κ1) is 24.1. The van der Waals surface area contributed by atoms with E-state index in [1.807, 2.05) is 6.08 Å². The number of rotatable bonds is 8. The van der Waals surface area contributed by atoms with Gasteiger partial charge in [0.05, 0.1) is 6.10 Å². The quantitative estimate of drug-likeness (QED) is 0.383. The molecule has 0 aromatic carbocycles. The average Bonchev–Trinajstić information content (AvgIpc) is 2.27. The summed E-state index contributed by atoms with van der Waals surface area (Å²) in [7, 11) is 3.49. The smallest absolute Gasteiger partial charge is 0.383 e. The van der Waals surface area contributed by atoms with Crippen molar-refractivity contribution in [2.24, 2.45) is 17.8 Å². The fourth-order valence-electron chi connectivity index (χ4n) is 2.42. The first-order valence-corrected chi connectivity index (χ1v) is 6.17. The molecule has 5 atom stereocenters. The van der Waals surface area contributed by atoms with Gasteiger partial charge >= 0.3 is 19.5 Å². The van der Waals surface area contributed by atoms with Crippen molar-refractivity contribution in [2.75, 3.05) is 14.2 Å². The Labute approximate surface area is 133 Å². The van der Waals surface area contributed by atoms with Crippen molar-refractivity contribution in [3.05, 3.63) is 39.2 Å². The molecule has 0 aliphatic heterocycles. The fraction of sp³-hybridized carbons (Fsp3) is 0.625. The molecule has 0 radical (unpaired) electrons. The van der Waals surface area contributed by atoms with E-state index in [-0.39, 0.29) is 45.0 Å². The summed E-state index contributed by atoms with van der Waals surface area (Å²) in [6.07, 6.45) is 6.09. The van der Waals surface area contributed by atoms with E-state index in [2.05, 4.69) is 40.3 Å². The van der Waals surface area contributed by atoms with Crippen molar-refractivity contribution in [3.8, 4) is 0 Å². The maximum absolute atomic E-state index is 5.61. The van der Waals surface area contributed by atoms with Crippen LogP contribution in [0.5, 0.6) is 0 Å². The molecule has 108 valence electrons. The zero-order chi connectivity index (χ0) is 13.4. The van der Waals surface area contributed by atoms with Crippen molar-refractivity contribution in [3.63, 3.8) is 0 Å².